The lowest BCUT2D eigenvalue weighted by Gasteiger charge is -2.24. The highest BCUT2D eigenvalue weighted by Gasteiger charge is 2.19. The van der Waals surface area contributed by atoms with Gasteiger partial charge in [-0.15, -0.1) is 0 Å². The minimum absolute atomic E-state index is 0.0216. The first-order valence-electron chi connectivity index (χ1n) is 7.26. The molecule has 0 heterocycles. The molecule has 108 valence electrons. The van der Waals surface area contributed by atoms with E-state index in [1.54, 1.807) is 6.92 Å². The monoisotopic (exact) mass is 265 g/mol. The second-order valence-corrected chi connectivity index (χ2v) is 5.21. The molecule has 1 rings (SSSR count). The minimum Gasteiger partial charge on any atom is -0.392 e. The van der Waals surface area contributed by atoms with E-state index in [0.29, 0.717) is 6.54 Å². The second-order valence-electron chi connectivity index (χ2n) is 5.21. The number of benzene rings is 1. The van der Waals surface area contributed by atoms with Crippen LogP contribution in [-0.4, -0.2) is 28.9 Å². The summed E-state index contributed by atoms with van der Waals surface area (Å²) in [4.78, 5) is 0. The van der Waals surface area contributed by atoms with Crippen LogP contribution in [0.5, 0.6) is 0 Å². The topological polar surface area (TPSA) is 52.5 Å². The Kier molecular flexibility index (Phi) is 7.06. The van der Waals surface area contributed by atoms with Gasteiger partial charge in [-0.3, -0.25) is 0 Å². The smallest absolute Gasteiger partial charge is 0.0942 e. The lowest BCUT2D eigenvalue weighted by Crippen LogP contribution is -2.38. The summed E-state index contributed by atoms with van der Waals surface area (Å²) in [6.07, 6.45) is 2.11. The third-order valence-corrected chi connectivity index (χ3v) is 3.36. The molecule has 0 aliphatic heterocycles. The summed E-state index contributed by atoms with van der Waals surface area (Å²) >= 11 is 0. The zero-order valence-electron chi connectivity index (χ0n) is 12.3. The van der Waals surface area contributed by atoms with Crippen LogP contribution in [0.15, 0.2) is 24.3 Å². The molecule has 19 heavy (non-hydrogen) atoms. The summed E-state index contributed by atoms with van der Waals surface area (Å²) in [7, 11) is 0. The molecule has 0 aliphatic rings. The van der Waals surface area contributed by atoms with E-state index in [1.807, 2.05) is 19.1 Å². The van der Waals surface area contributed by atoms with Crippen LogP contribution in [0.25, 0.3) is 0 Å². The van der Waals surface area contributed by atoms with Crippen LogP contribution in [-0.2, 0) is 6.42 Å². The van der Waals surface area contributed by atoms with Crippen LogP contribution in [0.4, 0.5) is 0 Å². The fraction of sp³-hybridized carbons (Fsp3) is 0.625. The van der Waals surface area contributed by atoms with Gasteiger partial charge < -0.3 is 15.5 Å². The molecule has 3 atom stereocenters. The molecule has 0 saturated carbocycles. The Balaban J connectivity index is 2.65. The van der Waals surface area contributed by atoms with Gasteiger partial charge in [0.05, 0.1) is 12.2 Å². The molecule has 0 spiro atoms. The SMILES string of the molecule is CCCc1ccc(C(O)C(CC)NCC(C)O)cc1. The molecular weight excluding hydrogens is 238 g/mol. The highest BCUT2D eigenvalue weighted by atomic mass is 16.3. The summed E-state index contributed by atoms with van der Waals surface area (Å²) in [6.45, 7) is 6.44. The normalized spacial score (nSPS) is 16.1. The highest BCUT2D eigenvalue weighted by Crippen LogP contribution is 2.20. The van der Waals surface area contributed by atoms with Crippen LogP contribution in [0.1, 0.15) is 50.8 Å². The molecule has 3 heteroatoms. The van der Waals surface area contributed by atoms with Crippen molar-refractivity contribution in [2.75, 3.05) is 6.54 Å². The van der Waals surface area contributed by atoms with Gasteiger partial charge in [-0.1, -0.05) is 44.5 Å². The molecule has 0 aliphatic carbocycles. The van der Waals surface area contributed by atoms with Crippen molar-refractivity contribution in [1.82, 2.24) is 5.32 Å². The number of hydrogen-bond acceptors (Lipinski definition) is 3. The number of aliphatic hydroxyl groups excluding tert-OH is 2. The number of aryl methyl sites for hydroxylation is 1. The minimum atomic E-state index is -0.528. The molecule has 3 unspecified atom stereocenters. The summed E-state index contributed by atoms with van der Waals surface area (Å²) in [5.74, 6) is 0. The van der Waals surface area contributed by atoms with Crippen molar-refractivity contribution in [2.24, 2.45) is 0 Å². The lowest BCUT2D eigenvalue weighted by atomic mass is 9.98. The van der Waals surface area contributed by atoms with Gasteiger partial charge in [0.25, 0.3) is 0 Å². The lowest BCUT2D eigenvalue weighted by molar-refractivity contribution is 0.112. The van der Waals surface area contributed by atoms with E-state index >= 15 is 0 Å². The van der Waals surface area contributed by atoms with E-state index in [9.17, 15) is 10.2 Å². The summed E-state index contributed by atoms with van der Waals surface area (Å²) in [5, 5.41) is 22.9. The molecule has 3 nitrogen and oxygen atoms in total. The fourth-order valence-corrected chi connectivity index (χ4v) is 2.20. The fourth-order valence-electron chi connectivity index (χ4n) is 2.20. The Labute approximate surface area is 116 Å². The van der Waals surface area contributed by atoms with Gasteiger partial charge in [0.15, 0.2) is 0 Å². The summed E-state index contributed by atoms with van der Waals surface area (Å²) in [6, 6.07) is 8.16. The third kappa shape index (κ3) is 5.31. The first kappa shape index (κ1) is 16.2. The number of aliphatic hydroxyl groups is 2. The first-order chi connectivity index (χ1) is 9.08. The van der Waals surface area contributed by atoms with Crippen molar-refractivity contribution in [1.29, 1.82) is 0 Å². The van der Waals surface area contributed by atoms with E-state index in [2.05, 4.69) is 24.4 Å². The van der Waals surface area contributed by atoms with Gasteiger partial charge >= 0.3 is 0 Å². The predicted molar refractivity (Wildman–Crippen MR) is 79.2 cm³/mol. The van der Waals surface area contributed by atoms with Crippen molar-refractivity contribution in [3.05, 3.63) is 35.4 Å². The van der Waals surface area contributed by atoms with Gasteiger partial charge in [0.2, 0.25) is 0 Å². The van der Waals surface area contributed by atoms with E-state index in [1.165, 1.54) is 5.56 Å². The average Bonchev–Trinajstić information content (AvgIpc) is 2.40. The average molecular weight is 265 g/mol. The van der Waals surface area contributed by atoms with E-state index in [4.69, 9.17) is 0 Å². The number of hydrogen-bond donors (Lipinski definition) is 3. The quantitative estimate of drug-likeness (QED) is 0.676. The maximum atomic E-state index is 10.4. The summed E-state index contributed by atoms with van der Waals surface area (Å²) < 4.78 is 0. The largest absolute Gasteiger partial charge is 0.392 e. The van der Waals surface area contributed by atoms with Crippen molar-refractivity contribution < 1.29 is 10.2 Å². The Morgan fingerprint density at radius 1 is 1.11 bits per heavy atom. The van der Waals surface area contributed by atoms with Crippen molar-refractivity contribution in [3.8, 4) is 0 Å². The van der Waals surface area contributed by atoms with E-state index in [0.717, 1.165) is 24.8 Å². The maximum Gasteiger partial charge on any atom is 0.0942 e. The Morgan fingerprint density at radius 2 is 1.74 bits per heavy atom. The molecular formula is C16H27NO2. The molecule has 0 radical (unpaired) electrons. The predicted octanol–water partition coefficient (Wildman–Crippen LogP) is 2.42. The van der Waals surface area contributed by atoms with Gasteiger partial charge in [0, 0.05) is 12.6 Å². The summed E-state index contributed by atoms with van der Waals surface area (Å²) in [5.41, 5.74) is 2.24. The second kappa shape index (κ2) is 8.31. The van der Waals surface area contributed by atoms with Crippen LogP contribution in [0.2, 0.25) is 0 Å². The van der Waals surface area contributed by atoms with Gasteiger partial charge in [-0.05, 0) is 30.9 Å². The molecule has 0 saturated heterocycles. The molecule has 3 N–H and O–H groups in total. The molecule has 0 amide bonds. The Bertz CT molecular complexity index is 348. The molecule has 1 aromatic carbocycles. The molecule has 0 bridgehead atoms. The third-order valence-electron chi connectivity index (χ3n) is 3.36. The van der Waals surface area contributed by atoms with Crippen molar-refractivity contribution in [3.63, 3.8) is 0 Å². The van der Waals surface area contributed by atoms with Gasteiger partial charge in [-0.2, -0.15) is 0 Å². The first-order valence-corrected chi connectivity index (χ1v) is 7.26. The number of rotatable bonds is 8. The molecule has 1 aromatic rings. The molecule has 0 fully saturated rings. The van der Waals surface area contributed by atoms with E-state index < -0.39 is 12.2 Å². The van der Waals surface area contributed by atoms with Crippen molar-refractivity contribution in [2.45, 2.75) is 58.3 Å². The Hall–Kier alpha value is -0.900. The zero-order valence-corrected chi connectivity index (χ0v) is 12.3. The number of nitrogens with one attached hydrogen (secondary N) is 1. The Morgan fingerprint density at radius 3 is 2.21 bits per heavy atom. The zero-order chi connectivity index (χ0) is 14.3. The van der Waals surface area contributed by atoms with Crippen LogP contribution in [0, 0.1) is 0 Å². The van der Waals surface area contributed by atoms with Crippen LogP contribution >= 0.6 is 0 Å². The van der Waals surface area contributed by atoms with Crippen LogP contribution in [0.3, 0.4) is 0 Å². The van der Waals surface area contributed by atoms with Crippen LogP contribution < -0.4 is 5.32 Å². The van der Waals surface area contributed by atoms with Gasteiger partial charge in [-0.25, -0.2) is 0 Å². The molecule has 0 aromatic heterocycles. The van der Waals surface area contributed by atoms with E-state index in [-0.39, 0.29) is 6.04 Å². The highest BCUT2D eigenvalue weighted by molar-refractivity contribution is 5.25. The van der Waals surface area contributed by atoms with Crippen molar-refractivity contribution >= 4 is 0 Å². The maximum absolute atomic E-state index is 10.4. The standard InChI is InChI=1S/C16H27NO2/c1-4-6-13-7-9-14(10-8-13)16(19)15(5-2)17-11-12(3)18/h7-10,12,15-19H,4-6,11H2,1-3H3. The van der Waals surface area contributed by atoms with Gasteiger partial charge in [0.1, 0.15) is 0 Å².